The Kier molecular flexibility index (Phi) is 11.9. The maximum atomic E-state index is 13.5. The summed E-state index contributed by atoms with van der Waals surface area (Å²) in [5.41, 5.74) is 2.38. The van der Waals surface area contributed by atoms with E-state index in [2.05, 4.69) is 5.32 Å². The number of anilines is 1. The second-order valence-corrected chi connectivity index (χ2v) is 12.1. The molecular formula is C28H40ClN3O5S. The molecule has 1 atom stereocenters. The fraction of sp³-hybridized carbons (Fsp3) is 0.500. The number of aryl methyl sites for hydroxylation is 1. The Labute approximate surface area is 232 Å². The van der Waals surface area contributed by atoms with Crippen molar-refractivity contribution >= 4 is 39.1 Å². The van der Waals surface area contributed by atoms with Gasteiger partial charge in [-0.1, -0.05) is 56.6 Å². The average molecular weight is 566 g/mol. The number of carbonyl (C=O) groups is 2. The van der Waals surface area contributed by atoms with Crippen LogP contribution in [0.25, 0.3) is 0 Å². The second kappa shape index (κ2) is 14.4. The average Bonchev–Trinajstić information content (AvgIpc) is 2.85. The highest BCUT2D eigenvalue weighted by atomic mass is 35.5. The van der Waals surface area contributed by atoms with Crippen LogP contribution in [0.4, 0.5) is 5.69 Å². The highest BCUT2D eigenvalue weighted by molar-refractivity contribution is 7.92. The number of ether oxygens (including phenoxy) is 1. The van der Waals surface area contributed by atoms with E-state index in [4.69, 9.17) is 16.3 Å². The van der Waals surface area contributed by atoms with Gasteiger partial charge in [0.1, 0.15) is 11.8 Å². The zero-order valence-corrected chi connectivity index (χ0v) is 24.7. The van der Waals surface area contributed by atoms with Gasteiger partial charge in [0.2, 0.25) is 21.8 Å². The lowest BCUT2D eigenvalue weighted by Gasteiger charge is -2.31. The van der Waals surface area contributed by atoms with Crippen LogP contribution >= 0.6 is 11.6 Å². The summed E-state index contributed by atoms with van der Waals surface area (Å²) in [5, 5.41) is 3.25. The van der Waals surface area contributed by atoms with Gasteiger partial charge in [0.25, 0.3) is 0 Å². The van der Waals surface area contributed by atoms with Crippen LogP contribution < -0.4 is 14.4 Å². The van der Waals surface area contributed by atoms with Crippen molar-refractivity contribution in [2.45, 2.75) is 59.5 Å². The summed E-state index contributed by atoms with van der Waals surface area (Å²) < 4.78 is 31.5. The van der Waals surface area contributed by atoms with Gasteiger partial charge in [-0.15, -0.1) is 0 Å². The molecule has 0 fully saturated rings. The number of hydrogen-bond donors (Lipinski definition) is 1. The summed E-state index contributed by atoms with van der Waals surface area (Å²) >= 11 is 6.22. The van der Waals surface area contributed by atoms with Crippen LogP contribution in [0.2, 0.25) is 5.02 Å². The third kappa shape index (κ3) is 8.91. The Bertz CT molecular complexity index is 1200. The Morgan fingerprint density at radius 3 is 2.37 bits per heavy atom. The van der Waals surface area contributed by atoms with Crippen molar-refractivity contribution in [1.82, 2.24) is 10.2 Å². The largest absolute Gasteiger partial charge is 0.495 e. The van der Waals surface area contributed by atoms with Gasteiger partial charge in [0.05, 0.1) is 24.1 Å². The van der Waals surface area contributed by atoms with Crippen molar-refractivity contribution in [3.8, 4) is 5.75 Å². The summed E-state index contributed by atoms with van der Waals surface area (Å²) in [6, 6.07) is 11.9. The minimum atomic E-state index is -3.63. The third-order valence-corrected chi connectivity index (χ3v) is 7.74. The predicted octanol–water partition coefficient (Wildman–Crippen LogP) is 4.78. The SMILES string of the molecule is CC[C@H](C(=O)NCC(C)C)N(Cc1ccccc1C)C(=O)CCCN(c1ccc(OC)c(Cl)c1)S(C)(=O)=O. The van der Waals surface area contributed by atoms with E-state index in [1.165, 1.54) is 17.5 Å². The first kappa shape index (κ1) is 31.4. The van der Waals surface area contributed by atoms with Crippen molar-refractivity contribution in [3.05, 3.63) is 58.6 Å². The van der Waals surface area contributed by atoms with Gasteiger partial charge in [-0.2, -0.15) is 0 Å². The first-order valence-electron chi connectivity index (χ1n) is 12.8. The lowest BCUT2D eigenvalue weighted by atomic mass is 10.0. The molecule has 0 heterocycles. The van der Waals surface area contributed by atoms with Crippen LogP contribution in [-0.2, 0) is 26.2 Å². The van der Waals surface area contributed by atoms with Gasteiger partial charge in [-0.25, -0.2) is 8.42 Å². The zero-order chi connectivity index (χ0) is 28.5. The Morgan fingerprint density at radius 1 is 1.13 bits per heavy atom. The fourth-order valence-electron chi connectivity index (χ4n) is 4.13. The molecule has 0 bridgehead atoms. The fourth-order valence-corrected chi connectivity index (χ4v) is 5.34. The molecule has 38 heavy (non-hydrogen) atoms. The van der Waals surface area contributed by atoms with Crippen molar-refractivity contribution in [3.63, 3.8) is 0 Å². The van der Waals surface area contributed by atoms with E-state index in [-0.39, 0.29) is 42.1 Å². The Balaban J connectivity index is 2.24. The monoisotopic (exact) mass is 565 g/mol. The standard InChI is InChI=1S/C28H40ClN3O5S/c1-7-25(28(34)30-18-20(2)3)31(19-22-12-9-8-11-21(22)4)27(33)13-10-16-32(38(6,35)36)23-14-15-26(37-5)24(29)17-23/h8-9,11-12,14-15,17,20,25H,7,10,13,16,18-19H2,1-6H3,(H,30,34)/t25-/m1/s1. The molecule has 0 aliphatic rings. The molecule has 0 saturated heterocycles. The van der Waals surface area contributed by atoms with E-state index in [1.807, 2.05) is 52.0 Å². The molecule has 0 aromatic heterocycles. The Hall–Kier alpha value is -2.78. The van der Waals surface area contributed by atoms with Crippen LogP contribution in [0.5, 0.6) is 5.75 Å². The van der Waals surface area contributed by atoms with E-state index >= 15 is 0 Å². The van der Waals surface area contributed by atoms with E-state index in [9.17, 15) is 18.0 Å². The topological polar surface area (TPSA) is 96.0 Å². The highest BCUT2D eigenvalue weighted by Gasteiger charge is 2.29. The second-order valence-electron chi connectivity index (χ2n) is 9.77. The maximum absolute atomic E-state index is 13.5. The van der Waals surface area contributed by atoms with Crippen molar-refractivity contribution in [2.24, 2.45) is 5.92 Å². The number of rotatable bonds is 14. The number of benzene rings is 2. The van der Waals surface area contributed by atoms with E-state index < -0.39 is 16.1 Å². The van der Waals surface area contributed by atoms with Gasteiger partial charge in [-0.05, 0) is 55.0 Å². The van der Waals surface area contributed by atoms with Crippen LogP contribution in [0.1, 0.15) is 51.2 Å². The van der Waals surface area contributed by atoms with Crippen molar-refractivity contribution < 1.29 is 22.7 Å². The zero-order valence-electron chi connectivity index (χ0n) is 23.2. The number of halogens is 1. The van der Waals surface area contributed by atoms with Crippen LogP contribution in [0, 0.1) is 12.8 Å². The van der Waals surface area contributed by atoms with Crippen molar-refractivity contribution in [1.29, 1.82) is 0 Å². The Morgan fingerprint density at radius 2 is 1.82 bits per heavy atom. The molecule has 0 radical (unpaired) electrons. The number of amides is 2. The predicted molar refractivity (Wildman–Crippen MR) is 153 cm³/mol. The molecule has 0 unspecified atom stereocenters. The van der Waals surface area contributed by atoms with Crippen LogP contribution in [0.3, 0.4) is 0 Å². The first-order chi connectivity index (χ1) is 17.9. The van der Waals surface area contributed by atoms with Crippen LogP contribution in [-0.4, -0.2) is 57.6 Å². The molecule has 2 rings (SSSR count). The van der Waals surface area contributed by atoms with Gasteiger partial charge in [0, 0.05) is 26.1 Å². The molecule has 2 amide bonds. The van der Waals surface area contributed by atoms with Crippen molar-refractivity contribution in [2.75, 3.05) is 30.8 Å². The molecule has 10 heteroatoms. The quantitative estimate of drug-likeness (QED) is 0.355. The molecule has 1 N–H and O–H groups in total. The number of sulfonamides is 1. The lowest BCUT2D eigenvalue weighted by molar-refractivity contribution is -0.141. The highest BCUT2D eigenvalue weighted by Crippen LogP contribution is 2.30. The van der Waals surface area contributed by atoms with E-state index in [0.29, 0.717) is 30.9 Å². The molecule has 2 aromatic rings. The smallest absolute Gasteiger partial charge is 0.242 e. The minimum Gasteiger partial charge on any atom is -0.495 e. The molecule has 0 saturated carbocycles. The molecule has 0 aliphatic carbocycles. The van der Waals surface area contributed by atoms with Gasteiger partial charge in [0.15, 0.2) is 0 Å². The van der Waals surface area contributed by atoms with E-state index in [0.717, 1.165) is 17.4 Å². The first-order valence-corrected chi connectivity index (χ1v) is 15.0. The van der Waals surface area contributed by atoms with E-state index in [1.54, 1.807) is 17.0 Å². The summed E-state index contributed by atoms with van der Waals surface area (Å²) in [5.74, 6) is 0.326. The normalized spacial score (nSPS) is 12.2. The number of hydrogen-bond acceptors (Lipinski definition) is 5. The third-order valence-electron chi connectivity index (χ3n) is 6.25. The number of methoxy groups -OCH3 is 1. The molecule has 0 aliphatic heterocycles. The lowest BCUT2D eigenvalue weighted by Crippen LogP contribution is -2.49. The number of nitrogens with one attached hydrogen (secondary N) is 1. The minimum absolute atomic E-state index is 0.0791. The molecular weight excluding hydrogens is 526 g/mol. The van der Waals surface area contributed by atoms with Gasteiger partial charge < -0.3 is 15.0 Å². The summed E-state index contributed by atoms with van der Waals surface area (Å²) in [7, 11) is -2.15. The molecule has 0 spiro atoms. The number of carbonyl (C=O) groups excluding carboxylic acids is 2. The summed E-state index contributed by atoms with van der Waals surface area (Å²) in [4.78, 5) is 28.2. The molecule has 210 valence electrons. The number of nitrogens with zero attached hydrogens (tertiary/aromatic N) is 2. The summed E-state index contributed by atoms with van der Waals surface area (Å²) in [6.45, 7) is 8.79. The van der Waals surface area contributed by atoms with Crippen LogP contribution in [0.15, 0.2) is 42.5 Å². The molecule has 8 nitrogen and oxygen atoms in total. The summed E-state index contributed by atoms with van der Waals surface area (Å²) in [6.07, 6.45) is 1.92. The maximum Gasteiger partial charge on any atom is 0.242 e. The van der Waals surface area contributed by atoms with Gasteiger partial charge in [-0.3, -0.25) is 13.9 Å². The molecule has 2 aromatic carbocycles. The van der Waals surface area contributed by atoms with Gasteiger partial charge >= 0.3 is 0 Å².